The molecule has 3 atom stereocenters. The van der Waals surface area contributed by atoms with Gasteiger partial charge in [-0.05, 0) is 30.0 Å². The maximum absolute atomic E-state index is 12.8. The van der Waals surface area contributed by atoms with Crippen LogP contribution < -0.4 is 23.7 Å². The van der Waals surface area contributed by atoms with Crippen molar-refractivity contribution in [1.82, 2.24) is 0 Å². The summed E-state index contributed by atoms with van der Waals surface area (Å²) in [5.41, 5.74) is 2.95. The van der Waals surface area contributed by atoms with Gasteiger partial charge in [-0.2, -0.15) is 0 Å². The van der Waals surface area contributed by atoms with Crippen LogP contribution in [-0.4, -0.2) is 39.2 Å². The highest BCUT2D eigenvalue weighted by Crippen LogP contribution is 2.58. The standard InChI is InChI=1S/C26H32O8/c1-12(2)26(28)34-21-14(4)13(3)8-15-9-17(27)22(29-5)24(30-6)19(15)20-16(21)10-18-23(25(20)31-7)33-11-32-18/h9-10,12-14,21,27H,8,11H2,1-7H3. The van der Waals surface area contributed by atoms with Crippen molar-refractivity contribution >= 4 is 5.97 Å². The summed E-state index contributed by atoms with van der Waals surface area (Å²) >= 11 is 0. The third kappa shape index (κ3) is 3.75. The molecule has 0 spiro atoms. The van der Waals surface area contributed by atoms with E-state index in [1.165, 1.54) is 14.2 Å². The molecule has 0 saturated heterocycles. The highest BCUT2D eigenvalue weighted by Gasteiger charge is 2.40. The first-order chi connectivity index (χ1) is 16.2. The van der Waals surface area contributed by atoms with Crippen LogP contribution in [0.3, 0.4) is 0 Å². The van der Waals surface area contributed by atoms with Crippen LogP contribution in [0.2, 0.25) is 0 Å². The van der Waals surface area contributed by atoms with Crippen molar-refractivity contribution in [2.45, 2.75) is 40.2 Å². The largest absolute Gasteiger partial charge is 0.504 e. The zero-order chi connectivity index (χ0) is 24.7. The summed E-state index contributed by atoms with van der Waals surface area (Å²) in [6.07, 6.45) is 0.0398. The van der Waals surface area contributed by atoms with Crippen LogP contribution in [0, 0.1) is 17.8 Å². The number of carbonyl (C=O) groups is 1. The molecule has 34 heavy (non-hydrogen) atoms. The maximum Gasteiger partial charge on any atom is 0.308 e. The van der Waals surface area contributed by atoms with E-state index in [1.807, 2.05) is 19.9 Å². The molecule has 4 rings (SSSR count). The zero-order valence-electron chi connectivity index (χ0n) is 20.7. The quantitative estimate of drug-likeness (QED) is 0.616. The molecule has 1 heterocycles. The number of carbonyl (C=O) groups excluding carboxylic acids is 1. The van der Waals surface area contributed by atoms with Gasteiger partial charge in [0.05, 0.1) is 27.2 Å². The lowest BCUT2D eigenvalue weighted by molar-refractivity contribution is -0.157. The van der Waals surface area contributed by atoms with Crippen LogP contribution in [0.5, 0.6) is 34.5 Å². The molecule has 0 amide bonds. The van der Waals surface area contributed by atoms with Crippen LogP contribution in [0.15, 0.2) is 12.1 Å². The maximum atomic E-state index is 12.8. The van der Waals surface area contributed by atoms with Gasteiger partial charge in [0.15, 0.2) is 23.0 Å². The first-order valence-electron chi connectivity index (χ1n) is 11.4. The Labute approximate surface area is 199 Å². The first kappa shape index (κ1) is 23.9. The number of benzene rings is 2. The van der Waals surface area contributed by atoms with Crippen LogP contribution in [-0.2, 0) is 16.0 Å². The average molecular weight is 473 g/mol. The summed E-state index contributed by atoms with van der Waals surface area (Å²) < 4.78 is 34.7. The Morgan fingerprint density at radius 1 is 1.00 bits per heavy atom. The number of methoxy groups -OCH3 is 3. The molecule has 0 saturated carbocycles. The summed E-state index contributed by atoms with van der Waals surface area (Å²) in [6.45, 7) is 7.85. The van der Waals surface area contributed by atoms with Crippen molar-refractivity contribution in [3.8, 4) is 45.6 Å². The van der Waals surface area contributed by atoms with Gasteiger partial charge in [-0.25, -0.2) is 0 Å². The zero-order valence-corrected chi connectivity index (χ0v) is 20.7. The molecule has 1 aliphatic heterocycles. The number of fused-ring (bicyclic) bond motifs is 4. The number of phenols is 1. The monoisotopic (exact) mass is 472 g/mol. The summed E-state index contributed by atoms with van der Waals surface area (Å²) in [5, 5.41) is 10.7. The summed E-state index contributed by atoms with van der Waals surface area (Å²) in [4.78, 5) is 12.8. The molecular formula is C26H32O8. The van der Waals surface area contributed by atoms with Crippen LogP contribution in [0.25, 0.3) is 11.1 Å². The van der Waals surface area contributed by atoms with E-state index in [1.54, 1.807) is 13.2 Å². The Balaban J connectivity index is 2.12. The smallest absolute Gasteiger partial charge is 0.308 e. The predicted octanol–water partition coefficient (Wildman–Crippen LogP) is 4.88. The number of hydrogen-bond acceptors (Lipinski definition) is 8. The molecule has 0 radical (unpaired) electrons. The molecule has 0 fully saturated rings. The third-order valence-corrected chi connectivity index (χ3v) is 6.75. The van der Waals surface area contributed by atoms with Gasteiger partial charge in [-0.15, -0.1) is 0 Å². The topological polar surface area (TPSA) is 92.7 Å². The van der Waals surface area contributed by atoms with Crippen LogP contribution in [0.4, 0.5) is 0 Å². The molecule has 1 N–H and O–H groups in total. The van der Waals surface area contributed by atoms with E-state index in [0.29, 0.717) is 40.5 Å². The van der Waals surface area contributed by atoms with E-state index >= 15 is 0 Å². The molecule has 184 valence electrons. The van der Waals surface area contributed by atoms with Gasteiger partial charge in [0, 0.05) is 22.6 Å². The number of ether oxygens (including phenoxy) is 6. The van der Waals surface area contributed by atoms with Gasteiger partial charge in [-0.1, -0.05) is 27.7 Å². The predicted molar refractivity (Wildman–Crippen MR) is 125 cm³/mol. The van der Waals surface area contributed by atoms with Crippen molar-refractivity contribution in [3.05, 3.63) is 23.3 Å². The van der Waals surface area contributed by atoms with E-state index in [4.69, 9.17) is 28.4 Å². The van der Waals surface area contributed by atoms with E-state index < -0.39 is 6.10 Å². The fourth-order valence-electron chi connectivity index (χ4n) is 4.76. The minimum Gasteiger partial charge on any atom is -0.504 e. The van der Waals surface area contributed by atoms with Crippen molar-refractivity contribution in [2.75, 3.05) is 28.1 Å². The van der Waals surface area contributed by atoms with Crippen molar-refractivity contribution in [3.63, 3.8) is 0 Å². The second-order valence-electron chi connectivity index (χ2n) is 9.16. The first-order valence-corrected chi connectivity index (χ1v) is 11.4. The van der Waals surface area contributed by atoms with Gasteiger partial charge in [0.1, 0.15) is 6.10 Å². The minimum absolute atomic E-state index is 0.0115. The van der Waals surface area contributed by atoms with Crippen LogP contribution >= 0.6 is 0 Å². The number of hydrogen-bond donors (Lipinski definition) is 1. The normalized spacial score (nSPS) is 20.6. The van der Waals surface area contributed by atoms with Gasteiger partial charge in [-0.3, -0.25) is 4.79 Å². The Morgan fingerprint density at radius 3 is 2.29 bits per heavy atom. The van der Waals surface area contributed by atoms with E-state index in [9.17, 15) is 9.90 Å². The van der Waals surface area contributed by atoms with E-state index in [-0.39, 0.29) is 42.0 Å². The summed E-state index contributed by atoms with van der Waals surface area (Å²) in [6, 6.07) is 3.56. The SMILES string of the molecule is COc1c(O)cc2c(c1OC)-c1c(cc3c(c1OC)OCO3)C(OC(=O)C(C)C)C(C)C(C)C2. The summed E-state index contributed by atoms with van der Waals surface area (Å²) in [7, 11) is 4.56. The minimum atomic E-state index is -0.569. The lowest BCUT2D eigenvalue weighted by Crippen LogP contribution is -2.28. The number of phenolic OH excluding ortho intramolecular Hbond substituents is 1. The van der Waals surface area contributed by atoms with Gasteiger partial charge >= 0.3 is 5.97 Å². The van der Waals surface area contributed by atoms with Crippen molar-refractivity contribution in [2.24, 2.45) is 17.8 Å². The van der Waals surface area contributed by atoms with Gasteiger partial charge in [0.25, 0.3) is 0 Å². The molecule has 2 aliphatic rings. The molecule has 0 bridgehead atoms. The van der Waals surface area contributed by atoms with Gasteiger partial charge in [0.2, 0.25) is 18.3 Å². The second kappa shape index (κ2) is 9.16. The second-order valence-corrected chi connectivity index (χ2v) is 9.16. The highest BCUT2D eigenvalue weighted by atomic mass is 16.7. The van der Waals surface area contributed by atoms with E-state index in [2.05, 4.69) is 13.8 Å². The Morgan fingerprint density at radius 2 is 1.68 bits per heavy atom. The average Bonchev–Trinajstić information content (AvgIpc) is 3.28. The molecule has 8 nitrogen and oxygen atoms in total. The Kier molecular flexibility index (Phi) is 6.43. The highest BCUT2D eigenvalue weighted by molar-refractivity contribution is 5.89. The van der Waals surface area contributed by atoms with Gasteiger partial charge < -0.3 is 33.5 Å². The molecule has 3 unspecified atom stereocenters. The van der Waals surface area contributed by atoms with Crippen LogP contribution in [0.1, 0.15) is 44.9 Å². The molecule has 2 aromatic rings. The number of esters is 1. The lowest BCUT2D eigenvalue weighted by Gasteiger charge is -2.35. The Hall–Kier alpha value is -3.29. The molecule has 2 aromatic carbocycles. The number of rotatable bonds is 5. The number of aromatic hydroxyl groups is 1. The van der Waals surface area contributed by atoms with E-state index in [0.717, 1.165) is 11.1 Å². The Bertz CT molecular complexity index is 1110. The fourth-order valence-corrected chi connectivity index (χ4v) is 4.76. The summed E-state index contributed by atoms with van der Waals surface area (Å²) in [5.74, 6) is 1.49. The fraction of sp³-hybridized carbons (Fsp3) is 0.500. The van der Waals surface area contributed by atoms with Crippen molar-refractivity contribution in [1.29, 1.82) is 0 Å². The molecule has 1 aliphatic carbocycles. The lowest BCUT2D eigenvalue weighted by atomic mass is 9.75. The molecule has 8 heteroatoms. The third-order valence-electron chi connectivity index (χ3n) is 6.75. The molecule has 0 aromatic heterocycles. The van der Waals surface area contributed by atoms with Crippen molar-refractivity contribution < 1.29 is 38.3 Å². The molecular weight excluding hydrogens is 440 g/mol.